The molecule has 0 aliphatic rings. The molecule has 0 bridgehead atoms. The Kier molecular flexibility index (Phi) is 4.05. The van der Waals surface area contributed by atoms with Crippen molar-refractivity contribution in [3.05, 3.63) is 65.3 Å². The minimum atomic E-state index is -0.550. The maximum absolute atomic E-state index is 13.1. The molecule has 1 unspecified atom stereocenters. The Bertz CT molecular complexity index is 723. The molecule has 3 rings (SSSR count). The van der Waals surface area contributed by atoms with E-state index in [0.29, 0.717) is 5.75 Å². The molecular formula is C16H13FOS2. The van der Waals surface area contributed by atoms with E-state index in [1.54, 1.807) is 17.4 Å². The Balaban J connectivity index is 1.76. The SMILES string of the molecule is OC(CSc1cccc(F)c1)c1cccc2ccsc12. The molecular weight excluding hydrogens is 291 g/mol. The summed E-state index contributed by atoms with van der Waals surface area (Å²) in [5.41, 5.74) is 0.946. The van der Waals surface area contributed by atoms with E-state index in [0.717, 1.165) is 20.5 Å². The normalized spacial score (nSPS) is 12.7. The summed E-state index contributed by atoms with van der Waals surface area (Å²) in [5, 5.41) is 13.5. The average molecular weight is 304 g/mol. The number of rotatable bonds is 4. The Morgan fingerprint density at radius 3 is 2.85 bits per heavy atom. The third-order valence-electron chi connectivity index (χ3n) is 3.07. The van der Waals surface area contributed by atoms with Crippen molar-refractivity contribution >= 4 is 33.2 Å². The Hall–Kier alpha value is -1.36. The number of halogens is 1. The van der Waals surface area contributed by atoms with Crippen molar-refractivity contribution in [2.45, 2.75) is 11.0 Å². The first-order chi connectivity index (χ1) is 9.74. The van der Waals surface area contributed by atoms with E-state index in [2.05, 4.69) is 6.07 Å². The van der Waals surface area contributed by atoms with Gasteiger partial charge in [0.15, 0.2) is 0 Å². The van der Waals surface area contributed by atoms with E-state index >= 15 is 0 Å². The van der Waals surface area contributed by atoms with Crippen LogP contribution in [0.2, 0.25) is 0 Å². The zero-order valence-corrected chi connectivity index (χ0v) is 12.3. The second kappa shape index (κ2) is 5.95. The van der Waals surface area contributed by atoms with Crippen molar-refractivity contribution in [3.8, 4) is 0 Å². The van der Waals surface area contributed by atoms with Crippen molar-refractivity contribution in [3.63, 3.8) is 0 Å². The van der Waals surface area contributed by atoms with Crippen molar-refractivity contribution in [1.82, 2.24) is 0 Å². The lowest BCUT2D eigenvalue weighted by Crippen LogP contribution is -2.00. The highest BCUT2D eigenvalue weighted by Crippen LogP contribution is 2.32. The van der Waals surface area contributed by atoms with Crippen molar-refractivity contribution in [1.29, 1.82) is 0 Å². The molecule has 0 fully saturated rings. The molecule has 0 amide bonds. The number of aliphatic hydroxyl groups excluding tert-OH is 1. The lowest BCUT2D eigenvalue weighted by molar-refractivity contribution is 0.206. The lowest BCUT2D eigenvalue weighted by atomic mass is 10.1. The fourth-order valence-electron chi connectivity index (χ4n) is 2.10. The molecule has 1 heterocycles. The van der Waals surface area contributed by atoms with Crippen LogP contribution in [-0.2, 0) is 0 Å². The molecule has 102 valence electrons. The van der Waals surface area contributed by atoms with Crippen LogP contribution >= 0.6 is 23.1 Å². The van der Waals surface area contributed by atoms with E-state index in [1.807, 2.05) is 29.6 Å². The van der Waals surface area contributed by atoms with Crippen molar-refractivity contribution in [2.24, 2.45) is 0 Å². The molecule has 0 spiro atoms. The molecule has 3 aromatic rings. The van der Waals surface area contributed by atoms with Crippen molar-refractivity contribution in [2.75, 3.05) is 5.75 Å². The summed E-state index contributed by atoms with van der Waals surface area (Å²) < 4.78 is 14.2. The fourth-order valence-corrected chi connectivity index (χ4v) is 3.96. The van der Waals surface area contributed by atoms with Crippen LogP contribution in [0.1, 0.15) is 11.7 Å². The Labute approximate surface area is 125 Å². The molecule has 20 heavy (non-hydrogen) atoms. The lowest BCUT2D eigenvalue weighted by Gasteiger charge is -2.11. The third kappa shape index (κ3) is 2.87. The summed E-state index contributed by atoms with van der Waals surface area (Å²) >= 11 is 3.10. The van der Waals surface area contributed by atoms with Crippen LogP contribution in [0.5, 0.6) is 0 Å². The quantitative estimate of drug-likeness (QED) is 0.694. The summed E-state index contributed by atoms with van der Waals surface area (Å²) in [6.45, 7) is 0. The minimum Gasteiger partial charge on any atom is -0.387 e. The van der Waals surface area contributed by atoms with Gasteiger partial charge >= 0.3 is 0 Å². The van der Waals surface area contributed by atoms with E-state index in [4.69, 9.17) is 0 Å². The van der Waals surface area contributed by atoms with Gasteiger partial charge in [-0.05, 0) is 40.6 Å². The largest absolute Gasteiger partial charge is 0.387 e. The molecule has 0 radical (unpaired) electrons. The zero-order valence-electron chi connectivity index (χ0n) is 10.6. The van der Waals surface area contributed by atoms with E-state index < -0.39 is 6.10 Å². The van der Waals surface area contributed by atoms with E-state index in [-0.39, 0.29) is 5.82 Å². The molecule has 4 heteroatoms. The van der Waals surface area contributed by atoms with Crippen LogP contribution in [0, 0.1) is 5.82 Å². The minimum absolute atomic E-state index is 0.246. The van der Waals surface area contributed by atoms with Crippen molar-refractivity contribution < 1.29 is 9.50 Å². The number of hydrogen-bond donors (Lipinski definition) is 1. The predicted octanol–water partition coefficient (Wildman–Crippen LogP) is 4.87. The van der Waals surface area contributed by atoms with Gasteiger partial charge in [0.05, 0.1) is 6.10 Å². The maximum atomic E-state index is 13.1. The second-order valence-electron chi connectivity index (χ2n) is 4.47. The van der Waals surface area contributed by atoms with Gasteiger partial charge in [0, 0.05) is 15.3 Å². The molecule has 1 aromatic heterocycles. The Morgan fingerprint density at radius 2 is 2.00 bits per heavy atom. The number of thiophene rings is 1. The zero-order chi connectivity index (χ0) is 13.9. The third-order valence-corrected chi connectivity index (χ3v) is 5.12. The monoisotopic (exact) mass is 304 g/mol. The Morgan fingerprint density at radius 1 is 1.15 bits per heavy atom. The molecule has 2 aromatic carbocycles. The second-order valence-corrected chi connectivity index (χ2v) is 6.48. The predicted molar refractivity (Wildman–Crippen MR) is 83.9 cm³/mol. The smallest absolute Gasteiger partial charge is 0.124 e. The van der Waals surface area contributed by atoms with Gasteiger partial charge in [0.1, 0.15) is 5.82 Å². The van der Waals surface area contributed by atoms with Gasteiger partial charge in [-0.25, -0.2) is 4.39 Å². The highest BCUT2D eigenvalue weighted by molar-refractivity contribution is 7.99. The summed E-state index contributed by atoms with van der Waals surface area (Å²) in [6.07, 6.45) is -0.550. The maximum Gasteiger partial charge on any atom is 0.124 e. The average Bonchev–Trinajstić information content (AvgIpc) is 2.93. The molecule has 1 atom stereocenters. The molecule has 0 aliphatic carbocycles. The van der Waals surface area contributed by atoms with Gasteiger partial charge in [-0.15, -0.1) is 23.1 Å². The summed E-state index contributed by atoms with van der Waals surface area (Å²) in [4.78, 5) is 0.836. The number of benzene rings is 2. The van der Waals surface area contributed by atoms with Crippen LogP contribution in [0.3, 0.4) is 0 Å². The number of thioether (sulfide) groups is 1. The first-order valence-corrected chi connectivity index (χ1v) is 8.13. The number of aliphatic hydroxyl groups is 1. The van der Waals surface area contributed by atoms with Gasteiger partial charge < -0.3 is 5.11 Å². The van der Waals surface area contributed by atoms with Gasteiger partial charge in [-0.1, -0.05) is 24.3 Å². The number of hydrogen-bond acceptors (Lipinski definition) is 3. The van der Waals surface area contributed by atoms with Gasteiger partial charge in [-0.2, -0.15) is 0 Å². The highest BCUT2D eigenvalue weighted by Gasteiger charge is 2.12. The summed E-state index contributed by atoms with van der Waals surface area (Å²) in [5.74, 6) is 0.269. The molecule has 0 aliphatic heterocycles. The molecule has 0 saturated heterocycles. The van der Waals surface area contributed by atoms with E-state index in [9.17, 15) is 9.50 Å². The molecule has 1 N–H and O–H groups in total. The van der Waals surface area contributed by atoms with E-state index in [1.165, 1.54) is 23.9 Å². The summed E-state index contributed by atoms with van der Waals surface area (Å²) in [6, 6.07) is 14.5. The van der Waals surface area contributed by atoms with Gasteiger partial charge in [0.25, 0.3) is 0 Å². The first kappa shape index (κ1) is 13.6. The topological polar surface area (TPSA) is 20.2 Å². The standard InChI is InChI=1S/C16H13FOS2/c17-12-4-2-5-13(9-12)20-10-15(18)14-6-1-3-11-7-8-19-16(11)14/h1-9,15,18H,10H2. The summed E-state index contributed by atoms with van der Waals surface area (Å²) in [7, 11) is 0. The number of fused-ring (bicyclic) bond motifs is 1. The molecule has 1 nitrogen and oxygen atoms in total. The first-order valence-electron chi connectivity index (χ1n) is 6.26. The molecule has 0 saturated carbocycles. The van der Waals surface area contributed by atoms with Gasteiger partial charge in [0.2, 0.25) is 0 Å². The van der Waals surface area contributed by atoms with Crippen LogP contribution in [0.15, 0.2) is 58.8 Å². The van der Waals surface area contributed by atoms with Crippen LogP contribution in [0.25, 0.3) is 10.1 Å². The van der Waals surface area contributed by atoms with Crippen LogP contribution < -0.4 is 0 Å². The fraction of sp³-hybridized carbons (Fsp3) is 0.125. The highest BCUT2D eigenvalue weighted by atomic mass is 32.2. The van der Waals surface area contributed by atoms with Crippen LogP contribution in [0.4, 0.5) is 4.39 Å². The van der Waals surface area contributed by atoms with Gasteiger partial charge in [-0.3, -0.25) is 0 Å². The van der Waals surface area contributed by atoms with Crippen LogP contribution in [-0.4, -0.2) is 10.9 Å².